The minimum absolute atomic E-state index is 0.191. The van der Waals surface area contributed by atoms with E-state index in [0.717, 1.165) is 26.2 Å². The molecule has 4 nitrogen and oxygen atoms in total. The summed E-state index contributed by atoms with van der Waals surface area (Å²) >= 11 is 0. The summed E-state index contributed by atoms with van der Waals surface area (Å²) < 4.78 is 0. The zero-order valence-electron chi connectivity index (χ0n) is 7.90. The zero-order chi connectivity index (χ0) is 9.97. The van der Waals surface area contributed by atoms with Crippen molar-refractivity contribution in [1.82, 2.24) is 5.32 Å². The first kappa shape index (κ1) is 9.15. The van der Waals surface area contributed by atoms with Gasteiger partial charge in [0.25, 0.3) is 0 Å². The molecule has 3 N–H and O–H groups in total. The molecule has 1 fully saturated rings. The van der Waals surface area contributed by atoms with Gasteiger partial charge < -0.3 is 20.4 Å². The number of nitrogens with zero attached hydrogens (tertiary/aromatic N) is 1. The number of hydrogen-bond donors (Lipinski definition) is 3. The van der Waals surface area contributed by atoms with Gasteiger partial charge in [-0.1, -0.05) is 0 Å². The van der Waals surface area contributed by atoms with Gasteiger partial charge in [-0.05, 0) is 12.1 Å². The highest BCUT2D eigenvalue weighted by molar-refractivity contribution is 5.60. The van der Waals surface area contributed by atoms with Crippen molar-refractivity contribution in [2.24, 2.45) is 0 Å². The van der Waals surface area contributed by atoms with Gasteiger partial charge in [-0.15, -0.1) is 0 Å². The Kier molecular flexibility index (Phi) is 2.45. The Morgan fingerprint density at radius 2 is 1.86 bits per heavy atom. The highest BCUT2D eigenvalue weighted by atomic mass is 16.3. The van der Waals surface area contributed by atoms with Crippen molar-refractivity contribution in [2.75, 3.05) is 31.1 Å². The van der Waals surface area contributed by atoms with Crippen molar-refractivity contribution < 1.29 is 10.2 Å². The Labute approximate surface area is 82.8 Å². The standard InChI is InChI=1S/C10H14N2O2/c13-8-1-2-10(14)9(7-8)12-5-3-11-4-6-12/h1-2,7,11,13-14H,3-6H2. The molecule has 1 aliphatic heterocycles. The lowest BCUT2D eigenvalue weighted by molar-refractivity contribution is 0.457. The molecule has 0 radical (unpaired) electrons. The molecule has 0 aromatic heterocycles. The molecule has 0 amide bonds. The lowest BCUT2D eigenvalue weighted by atomic mass is 10.2. The molecule has 1 aliphatic rings. The maximum atomic E-state index is 9.61. The first-order valence-corrected chi connectivity index (χ1v) is 4.75. The Balaban J connectivity index is 2.24. The number of phenolic OH excluding ortho intramolecular Hbond substituents is 2. The highest BCUT2D eigenvalue weighted by Gasteiger charge is 2.14. The second kappa shape index (κ2) is 3.75. The van der Waals surface area contributed by atoms with Crippen LogP contribution in [-0.4, -0.2) is 36.4 Å². The van der Waals surface area contributed by atoms with Crippen molar-refractivity contribution in [3.05, 3.63) is 18.2 Å². The van der Waals surface area contributed by atoms with Gasteiger partial charge in [0.1, 0.15) is 11.5 Å². The molecule has 0 atom stereocenters. The van der Waals surface area contributed by atoms with E-state index in [0.29, 0.717) is 5.69 Å². The molecule has 1 heterocycles. The van der Waals surface area contributed by atoms with E-state index in [1.165, 1.54) is 12.1 Å². The zero-order valence-corrected chi connectivity index (χ0v) is 7.90. The van der Waals surface area contributed by atoms with Crippen molar-refractivity contribution in [2.45, 2.75) is 0 Å². The normalized spacial score (nSPS) is 17.0. The predicted octanol–water partition coefficient (Wildman–Crippen LogP) is 0.507. The fourth-order valence-electron chi connectivity index (χ4n) is 1.67. The number of rotatable bonds is 1. The Morgan fingerprint density at radius 1 is 1.14 bits per heavy atom. The predicted molar refractivity (Wildman–Crippen MR) is 54.9 cm³/mol. The van der Waals surface area contributed by atoms with Gasteiger partial charge >= 0.3 is 0 Å². The molecule has 14 heavy (non-hydrogen) atoms. The van der Waals surface area contributed by atoms with Crippen LogP contribution in [0.15, 0.2) is 18.2 Å². The summed E-state index contributed by atoms with van der Waals surface area (Å²) in [6.45, 7) is 3.54. The van der Waals surface area contributed by atoms with Crippen LogP contribution in [0.3, 0.4) is 0 Å². The largest absolute Gasteiger partial charge is 0.508 e. The Bertz CT molecular complexity index is 322. The van der Waals surface area contributed by atoms with Crippen LogP contribution in [-0.2, 0) is 0 Å². The Hall–Kier alpha value is -1.42. The maximum absolute atomic E-state index is 9.61. The molecular formula is C10H14N2O2. The molecule has 0 spiro atoms. The van der Waals surface area contributed by atoms with E-state index in [9.17, 15) is 10.2 Å². The molecule has 76 valence electrons. The molecule has 4 heteroatoms. The van der Waals surface area contributed by atoms with Crippen molar-refractivity contribution in [3.63, 3.8) is 0 Å². The lowest BCUT2D eigenvalue weighted by Crippen LogP contribution is -2.43. The lowest BCUT2D eigenvalue weighted by Gasteiger charge is -2.29. The molecule has 1 aromatic carbocycles. The molecule has 0 unspecified atom stereocenters. The van der Waals surface area contributed by atoms with Crippen LogP contribution in [0.2, 0.25) is 0 Å². The number of nitrogens with one attached hydrogen (secondary N) is 1. The van der Waals surface area contributed by atoms with E-state index >= 15 is 0 Å². The topological polar surface area (TPSA) is 55.7 Å². The monoisotopic (exact) mass is 194 g/mol. The van der Waals surface area contributed by atoms with Gasteiger partial charge in [-0.25, -0.2) is 0 Å². The summed E-state index contributed by atoms with van der Waals surface area (Å²) in [6, 6.07) is 4.61. The van der Waals surface area contributed by atoms with E-state index in [4.69, 9.17) is 0 Å². The second-order valence-corrected chi connectivity index (χ2v) is 3.41. The first-order valence-electron chi connectivity index (χ1n) is 4.75. The van der Waals surface area contributed by atoms with Crippen LogP contribution >= 0.6 is 0 Å². The fourth-order valence-corrected chi connectivity index (χ4v) is 1.67. The van der Waals surface area contributed by atoms with Crippen LogP contribution in [0, 0.1) is 0 Å². The van der Waals surface area contributed by atoms with Gasteiger partial charge in [0, 0.05) is 32.2 Å². The molecule has 2 rings (SSSR count). The first-order chi connectivity index (χ1) is 6.77. The average molecular weight is 194 g/mol. The average Bonchev–Trinajstić information content (AvgIpc) is 2.23. The number of benzene rings is 1. The minimum Gasteiger partial charge on any atom is -0.508 e. The third-order valence-electron chi connectivity index (χ3n) is 2.42. The highest BCUT2D eigenvalue weighted by Crippen LogP contribution is 2.30. The van der Waals surface area contributed by atoms with E-state index in [2.05, 4.69) is 10.2 Å². The molecule has 1 aromatic rings. The molecule has 0 saturated carbocycles. The third kappa shape index (κ3) is 1.75. The summed E-state index contributed by atoms with van der Waals surface area (Å²) in [5, 5.41) is 22.2. The fraction of sp³-hybridized carbons (Fsp3) is 0.400. The second-order valence-electron chi connectivity index (χ2n) is 3.41. The summed E-state index contributed by atoms with van der Waals surface area (Å²) in [5.41, 5.74) is 0.714. The van der Waals surface area contributed by atoms with Crippen LogP contribution in [0.4, 0.5) is 5.69 Å². The third-order valence-corrected chi connectivity index (χ3v) is 2.42. The maximum Gasteiger partial charge on any atom is 0.139 e. The van der Waals surface area contributed by atoms with Gasteiger partial charge in [-0.3, -0.25) is 0 Å². The van der Waals surface area contributed by atoms with Crippen molar-refractivity contribution in [3.8, 4) is 11.5 Å². The van der Waals surface area contributed by atoms with E-state index < -0.39 is 0 Å². The van der Waals surface area contributed by atoms with Crippen LogP contribution in [0.1, 0.15) is 0 Å². The molecule has 1 saturated heterocycles. The number of phenols is 2. The quantitative estimate of drug-likeness (QED) is 0.570. The van der Waals surface area contributed by atoms with Crippen molar-refractivity contribution >= 4 is 5.69 Å². The van der Waals surface area contributed by atoms with Gasteiger partial charge in [0.15, 0.2) is 0 Å². The van der Waals surface area contributed by atoms with Crippen LogP contribution < -0.4 is 10.2 Å². The summed E-state index contributed by atoms with van der Waals surface area (Å²) in [5.74, 6) is 0.418. The summed E-state index contributed by atoms with van der Waals surface area (Å²) in [4.78, 5) is 2.06. The summed E-state index contributed by atoms with van der Waals surface area (Å²) in [6.07, 6.45) is 0. The SMILES string of the molecule is Oc1ccc(O)c(N2CCNCC2)c1. The number of piperazine rings is 1. The Morgan fingerprint density at radius 3 is 2.57 bits per heavy atom. The van der Waals surface area contributed by atoms with E-state index in [-0.39, 0.29) is 11.5 Å². The van der Waals surface area contributed by atoms with E-state index in [1.807, 2.05) is 0 Å². The van der Waals surface area contributed by atoms with Crippen molar-refractivity contribution in [1.29, 1.82) is 0 Å². The van der Waals surface area contributed by atoms with Crippen LogP contribution in [0.5, 0.6) is 11.5 Å². The number of aromatic hydroxyl groups is 2. The molecule has 0 bridgehead atoms. The van der Waals surface area contributed by atoms with Gasteiger partial charge in [0.05, 0.1) is 5.69 Å². The summed E-state index contributed by atoms with van der Waals surface area (Å²) in [7, 11) is 0. The van der Waals surface area contributed by atoms with Gasteiger partial charge in [0.2, 0.25) is 0 Å². The number of hydrogen-bond acceptors (Lipinski definition) is 4. The number of anilines is 1. The molecular weight excluding hydrogens is 180 g/mol. The van der Waals surface area contributed by atoms with Crippen LogP contribution in [0.25, 0.3) is 0 Å². The minimum atomic E-state index is 0.191. The van der Waals surface area contributed by atoms with E-state index in [1.54, 1.807) is 6.07 Å². The smallest absolute Gasteiger partial charge is 0.139 e. The molecule has 0 aliphatic carbocycles. The van der Waals surface area contributed by atoms with Gasteiger partial charge in [-0.2, -0.15) is 0 Å².